The van der Waals surface area contributed by atoms with Crippen molar-refractivity contribution < 1.29 is 82.7 Å². The van der Waals surface area contributed by atoms with Crippen molar-refractivity contribution in [2.24, 2.45) is 0 Å². The van der Waals surface area contributed by atoms with Gasteiger partial charge in [0.1, 0.15) is 0 Å². The molecule has 0 aliphatic rings. The van der Waals surface area contributed by atoms with Crippen molar-refractivity contribution >= 4 is 29.3 Å². The molecule has 12 N–H and O–H groups in total. The van der Waals surface area contributed by atoms with Crippen LogP contribution in [0.25, 0.3) is 0 Å². The molecular weight excluding hydrogens is 343 g/mol. The minimum atomic E-state index is -2.17. The zero-order valence-electron chi connectivity index (χ0n) is 7.98. The van der Waals surface area contributed by atoms with E-state index in [0.717, 1.165) is 0 Å². The minimum Gasteiger partial charge on any atom is -0.402 e. The minimum absolute atomic E-state index is 0. The Bertz CT molecular complexity index is 61.5. The average molecular weight is 355 g/mol. The Morgan fingerprint density at radius 3 is 0.294 bits per heavy atom. The molecule has 12 nitrogen and oxygen atoms in total. The van der Waals surface area contributed by atoms with Gasteiger partial charge in [-0.15, -0.1) is 0 Å². The third-order valence-electron chi connectivity index (χ3n) is 0. The molecule has 0 bridgehead atoms. The van der Waals surface area contributed by atoms with Gasteiger partial charge in [0.2, 0.25) is 0 Å². The molecule has 0 aromatic heterocycles. The maximum atomic E-state index is 7.17. The number of hydrogen-bond donors (Lipinski definition) is 12. The van der Waals surface area contributed by atoms with E-state index < -0.39 is 29.3 Å². The van der Waals surface area contributed by atoms with Crippen LogP contribution in [-0.2, 0) is 22.4 Å². The van der Waals surface area contributed by atoms with E-state index in [2.05, 4.69) is 0 Å². The van der Waals surface area contributed by atoms with E-state index in [9.17, 15) is 0 Å². The van der Waals surface area contributed by atoms with Crippen molar-refractivity contribution in [3.63, 3.8) is 0 Å². The summed E-state index contributed by atoms with van der Waals surface area (Å²) in [6, 6.07) is 0. The Morgan fingerprint density at radius 1 is 0.294 bits per heavy atom. The molecule has 1 radical (unpaired) electrons. The molecule has 0 spiro atoms. The molecule has 0 fully saturated rings. The van der Waals surface area contributed by atoms with Crippen LogP contribution in [0.4, 0.5) is 0 Å². The first-order chi connectivity index (χ1) is 6.93. The molecule has 0 rings (SSSR count). The fourth-order valence-electron chi connectivity index (χ4n) is 0. The normalized spacial score (nSPS) is 6.35. The molecule has 0 heterocycles. The quantitative estimate of drug-likeness (QED) is 0.181. The summed E-state index contributed by atoms with van der Waals surface area (Å²) < 4.78 is 0. The fraction of sp³-hybridized carbons (Fsp3) is 0. The van der Waals surface area contributed by atoms with Crippen LogP contribution in [0.15, 0.2) is 0 Å². The van der Waals surface area contributed by atoms with Gasteiger partial charge in [0.25, 0.3) is 0 Å². The maximum Gasteiger partial charge on any atom is 0.631 e. The predicted molar refractivity (Wildman–Crippen MR) is 49.6 cm³/mol. The van der Waals surface area contributed by atoms with Gasteiger partial charge in [-0.3, -0.25) is 0 Å². The maximum absolute atomic E-state index is 7.17. The van der Waals surface area contributed by atoms with E-state index >= 15 is 0 Å². The van der Waals surface area contributed by atoms with Gasteiger partial charge in [-0.1, -0.05) is 0 Å². The van der Waals surface area contributed by atoms with Crippen molar-refractivity contribution in [2.45, 2.75) is 0 Å². The van der Waals surface area contributed by atoms with Crippen molar-refractivity contribution in [2.75, 3.05) is 0 Å². The summed E-state index contributed by atoms with van der Waals surface area (Å²) in [7, 11) is -8.67. The zero-order chi connectivity index (χ0) is 14.3. The van der Waals surface area contributed by atoms with Crippen molar-refractivity contribution in [1.82, 2.24) is 0 Å². The summed E-state index contributed by atoms with van der Waals surface area (Å²) in [5.74, 6) is 0. The Morgan fingerprint density at radius 2 is 0.294 bits per heavy atom. The summed E-state index contributed by atoms with van der Waals surface area (Å²) >= 11 is 0. The first-order valence-corrected chi connectivity index (χ1v) is 3.10. The van der Waals surface area contributed by atoms with Crippen LogP contribution in [0.3, 0.4) is 0 Å². The molecule has 0 atom stereocenters. The van der Waals surface area contributed by atoms with Gasteiger partial charge in [0, 0.05) is 22.4 Å². The third kappa shape index (κ3) is 12900. The average Bonchev–Trinajstić information content (AvgIpc) is 1.76. The van der Waals surface area contributed by atoms with Crippen molar-refractivity contribution in [1.29, 1.82) is 0 Å². The summed E-state index contributed by atoms with van der Waals surface area (Å²) in [5, 5.41) is 86.0. The summed E-state index contributed by atoms with van der Waals surface area (Å²) in [6.07, 6.45) is 0. The predicted octanol–water partition coefficient (Wildman–Crippen LogP) is -8.21. The van der Waals surface area contributed by atoms with Crippen LogP contribution in [-0.4, -0.2) is 89.6 Å². The van der Waals surface area contributed by atoms with Crippen LogP contribution < -0.4 is 0 Å². The molecule has 0 saturated carbocycles. The van der Waals surface area contributed by atoms with Crippen LogP contribution >= 0.6 is 0 Å². The first-order valence-electron chi connectivity index (χ1n) is 3.10. The Hall–Kier alpha value is 0.520. The van der Waals surface area contributed by atoms with Gasteiger partial charge in [-0.05, 0) is 0 Å². The monoisotopic (exact) mass is 355 g/mol. The van der Waals surface area contributed by atoms with Crippen molar-refractivity contribution in [3.8, 4) is 0 Å². The van der Waals surface area contributed by atoms with Gasteiger partial charge in [0.15, 0.2) is 0 Å². The van der Waals surface area contributed by atoms with E-state index in [0.29, 0.717) is 0 Å². The topological polar surface area (TPSA) is 243 Å². The van der Waals surface area contributed by atoms with Gasteiger partial charge in [-0.2, -0.15) is 0 Å². The Balaban J connectivity index is -0.0000000369. The Kier molecular flexibility index (Phi) is 45.5. The van der Waals surface area contributed by atoms with Crippen LogP contribution in [0.5, 0.6) is 0 Å². The SMILES string of the molecule is OB(O)O.OB(O)O.OB(O)O.OB(O)O.[Ag]. The summed E-state index contributed by atoms with van der Waals surface area (Å²) in [4.78, 5) is 0. The van der Waals surface area contributed by atoms with E-state index in [1.165, 1.54) is 0 Å². The van der Waals surface area contributed by atoms with E-state index in [1.807, 2.05) is 0 Å². The van der Waals surface area contributed by atoms with Gasteiger partial charge in [0.05, 0.1) is 0 Å². The summed E-state index contributed by atoms with van der Waals surface area (Å²) in [6.45, 7) is 0. The second-order valence-electron chi connectivity index (χ2n) is 1.39. The standard InChI is InChI=1S/Ag.4BH3O3/c;4*2-1(3)4/h;4*2-4H. The molecule has 0 amide bonds. The molecule has 0 aromatic carbocycles. The number of rotatable bonds is 0. The molecule has 17 heavy (non-hydrogen) atoms. The molecule has 0 aliphatic heterocycles. The zero-order valence-corrected chi connectivity index (χ0v) is 9.46. The molecule has 0 aliphatic carbocycles. The molecular formula is H12AgB4O12. The number of hydrogen-bond acceptors (Lipinski definition) is 12. The molecule has 107 valence electrons. The van der Waals surface area contributed by atoms with Crippen LogP contribution in [0.2, 0.25) is 0 Å². The third-order valence-corrected chi connectivity index (χ3v) is 0. The second-order valence-corrected chi connectivity index (χ2v) is 1.39. The largest absolute Gasteiger partial charge is 0.631 e. The van der Waals surface area contributed by atoms with Gasteiger partial charge >= 0.3 is 29.3 Å². The molecule has 0 aromatic rings. The van der Waals surface area contributed by atoms with Gasteiger partial charge < -0.3 is 60.3 Å². The van der Waals surface area contributed by atoms with E-state index in [1.54, 1.807) is 0 Å². The molecule has 0 saturated heterocycles. The van der Waals surface area contributed by atoms with E-state index in [-0.39, 0.29) is 22.4 Å². The van der Waals surface area contributed by atoms with Crippen molar-refractivity contribution in [3.05, 3.63) is 0 Å². The molecule has 0 unspecified atom stereocenters. The first kappa shape index (κ1) is 30.5. The van der Waals surface area contributed by atoms with Crippen LogP contribution in [0, 0.1) is 0 Å². The fourth-order valence-corrected chi connectivity index (χ4v) is 0. The summed E-state index contributed by atoms with van der Waals surface area (Å²) in [5.41, 5.74) is 0. The van der Waals surface area contributed by atoms with E-state index in [4.69, 9.17) is 60.3 Å². The van der Waals surface area contributed by atoms with Gasteiger partial charge in [-0.25, -0.2) is 0 Å². The Labute approximate surface area is 112 Å². The smallest absolute Gasteiger partial charge is 0.402 e. The second kappa shape index (κ2) is 25.4. The molecule has 17 heteroatoms. The van der Waals surface area contributed by atoms with Crippen LogP contribution in [0.1, 0.15) is 0 Å².